The van der Waals surface area contributed by atoms with Gasteiger partial charge in [0.25, 0.3) is 11.8 Å². The van der Waals surface area contributed by atoms with Gasteiger partial charge in [-0.05, 0) is 31.2 Å². The topological polar surface area (TPSA) is 107 Å². The molecule has 4 rings (SSSR count). The highest BCUT2D eigenvalue weighted by Gasteiger charge is 2.13. The molecule has 0 aliphatic heterocycles. The molecular formula is C20H17N5O3. The predicted molar refractivity (Wildman–Crippen MR) is 100 cm³/mol. The van der Waals surface area contributed by atoms with E-state index in [0.717, 1.165) is 11.1 Å². The molecule has 2 aromatic carbocycles. The summed E-state index contributed by atoms with van der Waals surface area (Å²) in [6.07, 6.45) is 0. The monoisotopic (exact) mass is 375 g/mol. The molecule has 0 unspecified atom stereocenters. The number of rotatable bonds is 5. The minimum absolute atomic E-state index is 0.152. The van der Waals surface area contributed by atoms with Crippen molar-refractivity contribution in [2.45, 2.75) is 20.4 Å². The highest BCUT2D eigenvalue weighted by atomic mass is 16.5. The van der Waals surface area contributed by atoms with Crippen LogP contribution in [0.2, 0.25) is 0 Å². The molecular weight excluding hydrogens is 358 g/mol. The first-order chi connectivity index (χ1) is 13.6. The predicted octanol–water partition coefficient (Wildman–Crippen LogP) is 3.33. The lowest BCUT2D eigenvalue weighted by molar-refractivity contribution is 0.0949. The van der Waals surface area contributed by atoms with Crippen molar-refractivity contribution in [3.8, 4) is 22.8 Å². The lowest BCUT2D eigenvalue weighted by atomic mass is 10.1. The van der Waals surface area contributed by atoms with Gasteiger partial charge in [0.1, 0.15) is 0 Å². The van der Waals surface area contributed by atoms with E-state index in [1.54, 1.807) is 25.1 Å². The number of nitrogens with one attached hydrogen (secondary N) is 1. The molecule has 0 atom stereocenters. The number of aryl methyl sites for hydroxylation is 2. The van der Waals surface area contributed by atoms with Crippen LogP contribution in [0.5, 0.6) is 0 Å². The molecule has 0 fully saturated rings. The number of nitrogens with zero attached hydrogens (tertiary/aromatic N) is 4. The van der Waals surface area contributed by atoms with Gasteiger partial charge in [-0.15, -0.1) is 0 Å². The molecule has 140 valence electrons. The Morgan fingerprint density at radius 2 is 1.79 bits per heavy atom. The Morgan fingerprint density at radius 1 is 0.964 bits per heavy atom. The summed E-state index contributed by atoms with van der Waals surface area (Å²) in [5.41, 5.74) is 3.11. The van der Waals surface area contributed by atoms with Crippen molar-refractivity contribution in [2.75, 3.05) is 0 Å². The maximum atomic E-state index is 12.5. The molecule has 8 nitrogen and oxygen atoms in total. The Labute approximate surface area is 160 Å². The highest BCUT2D eigenvalue weighted by Crippen LogP contribution is 2.19. The average molecular weight is 375 g/mol. The van der Waals surface area contributed by atoms with Crippen molar-refractivity contribution < 1.29 is 13.8 Å². The normalized spacial score (nSPS) is 10.8. The lowest BCUT2D eigenvalue weighted by Gasteiger charge is -2.03. The van der Waals surface area contributed by atoms with Crippen LogP contribution in [0, 0.1) is 13.8 Å². The fourth-order valence-electron chi connectivity index (χ4n) is 2.70. The molecule has 2 aromatic heterocycles. The third-order valence-corrected chi connectivity index (χ3v) is 4.05. The van der Waals surface area contributed by atoms with Gasteiger partial charge in [0.05, 0.1) is 6.54 Å². The molecule has 0 bridgehead atoms. The van der Waals surface area contributed by atoms with Gasteiger partial charge >= 0.3 is 0 Å². The van der Waals surface area contributed by atoms with E-state index in [9.17, 15) is 4.79 Å². The number of hydrogen-bond acceptors (Lipinski definition) is 7. The van der Waals surface area contributed by atoms with Crippen molar-refractivity contribution in [3.05, 3.63) is 71.4 Å². The zero-order valence-corrected chi connectivity index (χ0v) is 15.3. The zero-order chi connectivity index (χ0) is 19.5. The number of carbonyl (C=O) groups is 1. The Hall–Kier alpha value is -3.81. The Balaban J connectivity index is 1.44. The van der Waals surface area contributed by atoms with Crippen LogP contribution in [0.15, 0.2) is 57.6 Å². The summed E-state index contributed by atoms with van der Waals surface area (Å²) in [5, 5.41) is 10.6. The lowest BCUT2D eigenvalue weighted by Crippen LogP contribution is -2.23. The van der Waals surface area contributed by atoms with Crippen LogP contribution in [-0.4, -0.2) is 26.2 Å². The van der Waals surface area contributed by atoms with E-state index in [4.69, 9.17) is 9.05 Å². The Kier molecular flexibility index (Phi) is 4.67. The second-order valence-corrected chi connectivity index (χ2v) is 6.29. The average Bonchev–Trinajstić information content (AvgIpc) is 3.35. The first-order valence-corrected chi connectivity index (χ1v) is 8.67. The van der Waals surface area contributed by atoms with E-state index in [2.05, 4.69) is 25.6 Å². The van der Waals surface area contributed by atoms with Crippen LogP contribution in [0.3, 0.4) is 0 Å². The minimum atomic E-state index is -0.260. The summed E-state index contributed by atoms with van der Waals surface area (Å²) >= 11 is 0. The number of benzene rings is 2. The molecule has 0 aliphatic carbocycles. The molecule has 8 heteroatoms. The van der Waals surface area contributed by atoms with Crippen LogP contribution in [-0.2, 0) is 6.54 Å². The molecule has 28 heavy (non-hydrogen) atoms. The largest absolute Gasteiger partial charge is 0.345 e. The maximum absolute atomic E-state index is 12.5. The summed E-state index contributed by atoms with van der Waals surface area (Å²) in [5.74, 6) is 1.46. The Bertz CT molecular complexity index is 1130. The second kappa shape index (κ2) is 7.43. The standard InChI is InChI=1S/C20H17N5O3/c1-12-5-3-8-16(9-12)20-23-17(24-28-20)11-21-19(26)15-7-4-6-14(10-15)18-22-13(2)27-25-18/h3-10H,11H2,1-2H3,(H,21,26). The molecule has 0 spiro atoms. The van der Waals surface area contributed by atoms with Gasteiger partial charge in [0, 0.05) is 23.6 Å². The van der Waals surface area contributed by atoms with E-state index in [-0.39, 0.29) is 12.5 Å². The first kappa shape index (κ1) is 17.6. The van der Waals surface area contributed by atoms with Gasteiger partial charge in [-0.2, -0.15) is 9.97 Å². The molecule has 0 saturated heterocycles. The fraction of sp³-hybridized carbons (Fsp3) is 0.150. The molecule has 0 aliphatic rings. The van der Waals surface area contributed by atoms with E-state index in [1.807, 2.05) is 37.3 Å². The second-order valence-electron chi connectivity index (χ2n) is 6.29. The Morgan fingerprint density at radius 3 is 2.57 bits per heavy atom. The number of aromatic nitrogens is 4. The minimum Gasteiger partial charge on any atom is -0.345 e. The molecule has 0 radical (unpaired) electrons. The number of carbonyl (C=O) groups excluding carboxylic acids is 1. The number of hydrogen-bond donors (Lipinski definition) is 1. The summed E-state index contributed by atoms with van der Waals surface area (Å²) in [4.78, 5) is 21.0. The van der Waals surface area contributed by atoms with Crippen molar-refractivity contribution in [2.24, 2.45) is 0 Å². The van der Waals surface area contributed by atoms with Gasteiger partial charge in [-0.25, -0.2) is 0 Å². The smallest absolute Gasteiger partial charge is 0.257 e. The fourth-order valence-corrected chi connectivity index (χ4v) is 2.70. The summed E-state index contributed by atoms with van der Waals surface area (Å²) in [6, 6.07) is 14.8. The van der Waals surface area contributed by atoms with E-state index >= 15 is 0 Å². The first-order valence-electron chi connectivity index (χ1n) is 8.67. The van der Waals surface area contributed by atoms with Crippen molar-refractivity contribution in [1.29, 1.82) is 0 Å². The van der Waals surface area contributed by atoms with Gasteiger partial charge in [0.15, 0.2) is 5.82 Å². The molecule has 1 N–H and O–H groups in total. The van der Waals surface area contributed by atoms with Crippen molar-refractivity contribution >= 4 is 5.91 Å². The van der Waals surface area contributed by atoms with E-state index in [0.29, 0.717) is 34.6 Å². The summed E-state index contributed by atoms with van der Waals surface area (Å²) < 4.78 is 10.3. The third-order valence-electron chi connectivity index (χ3n) is 4.05. The SMILES string of the molecule is Cc1cccc(-c2nc(CNC(=O)c3cccc(-c4noc(C)n4)c3)no2)c1. The van der Waals surface area contributed by atoms with Gasteiger partial charge in [0.2, 0.25) is 11.7 Å². The van der Waals surface area contributed by atoms with Crippen LogP contribution >= 0.6 is 0 Å². The molecule has 1 amide bonds. The van der Waals surface area contributed by atoms with Crippen LogP contribution < -0.4 is 5.32 Å². The third kappa shape index (κ3) is 3.80. The van der Waals surface area contributed by atoms with Crippen molar-refractivity contribution in [3.63, 3.8) is 0 Å². The maximum Gasteiger partial charge on any atom is 0.257 e. The zero-order valence-electron chi connectivity index (χ0n) is 15.3. The van der Waals surface area contributed by atoms with E-state index in [1.165, 1.54) is 0 Å². The van der Waals surface area contributed by atoms with Crippen molar-refractivity contribution in [1.82, 2.24) is 25.6 Å². The van der Waals surface area contributed by atoms with Gasteiger partial charge in [-0.1, -0.05) is 40.1 Å². The van der Waals surface area contributed by atoms with Gasteiger partial charge in [-0.3, -0.25) is 4.79 Å². The van der Waals surface area contributed by atoms with Crippen LogP contribution in [0.25, 0.3) is 22.8 Å². The van der Waals surface area contributed by atoms with Gasteiger partial charge < -0.3 is 14.4 Å². The summed E-state index contributed by atoms with van der Waals surface area (Å²) in [6.45, 7) is 3.85. The van der Waals surface area contributed by atoms with Crippen LogP contribution in [0.1, 0.15) is 27.6 Å². The summed E-state index contributed by atoms with van der Waals surface area (Å²) in [7, 11) is 0. The van der Waals surface area contributed by atoms with E-state index < -0.39 is 0 Å². The quantitative estimate of drug-likeness (QED) is 0.570. The van der Waals surface area contributed by atoms with Crippen LogP contribution in [0.4, 0.5) is 0 Å². The number of amides is 1. The highest BCUT2D eigenvalue weighted by molar-refractivity contribution is 5.95. The molecule has 2 heterocycles. The molecule has 4 aromatic rings. The molecule has 0 saturated carbocycles.